The Morgan fingerprint density at radius 1 is 1.38 bits per heavy atom. The van der Waals surface area contributed by atoms with Crippen molar-refractivity contribution < 1.29 is 4.79 Å². The van der Waals surface area contributed by atoms with Crippen molar-refractivity contribution in [2.45, 2.75) is 18.9 Å². The number of carbonyl (C=O) groups is 1. The molecule has 1 aliphatic rings. The van der Waals surface area contributed by atoms with Crippen molar-refractivity contribution in [2.24, 2.45) is 0 Å². The SMILES string of the molecule is Nc1ccc(Br)cc1C(=O)N1CCCC1c1cccnc1. The molecule has 0 saturated carbocycles. The van der Waals surface area contributed by atoms with E-state index in [-0.39, 0.29) is 11.9 Å². The lowest BCUT2D eigenvalue weighted by atomic mass is 10.1. The van der Waals surface area contributed by atoms with E-state index in [1.54, 1.807) is 18.3 Å². The third-order valence-electron chi connectivity index (χ3n) is 3.83. The summed E-state index contributed by atoms with van der Waals surface area (Å²) in [6.07, 6.45) is 5.54. The number of nitrogens with zero attached hydrogens (tertiary/aromatic N) is 2. The van der Waals surface area contributed by atoms with Crippen LogP contribution in [0.2, 0.25) is 0 Å². The van der Waals surface area contributed by atoms with E-state index in [1.807, 2.05) is 29.3 Å². The topological polar surface area (TPSA) is 59.2 Å². The molecule has 0 radical (unpaired) electrons. The second kappa shape index (κ2) is 5.85. The molecule has 0 spiro atoms. The van der Waals surface area contributed by atoms with Crippen LogP contribution in [0.25, 0.3) is 0 Å². The van der Waals surface area contributed by atoms with Gasteiger partial charge in [0.1, 0.15) is 0 Å². The smallest absolute Gasteiger partial charge is 0.256 e. The molecule has 1 aromatic carbocycles. The zero-order valence-electron chi connectivity index (χ0n) is 11.5. The summed E-state index contributed by atoms with van der Waals surface area (Å²) in [6, 6.07) is 9.40. The minimum absolute atomic E-state index is 0.0137. The van der Waals surface area contributed by atoms with Crippen molar-refractivity contribution in [1.29, 1.82) is 0 Å². The van der Waals surface area contributed by atoms with Crippen molar-refractivity contribution in [3.8, 4) is 0 Å². The summed E-state index contributed by atoms with van der Waals surface area (Å²) in [5.41, 5.74) is 8.11. The molecule has 1 aromatic heterocycles. The molecule has 1 fully saturated rings. The van der Waals surface area contributed by atoms with Gasteiger partial charge in [-0.3, -0.25) is 9.78 Å². The fourth-order valence-electron chi connectivity index (χ4n) is 2.80. The van der Waals surface area contributed by atoms with Gasteiger partial charge in [0.2, 0.25) is 0 Å². The monoisotopic (exact) mass is 345 g/mol. The third kappa shape index (κ3) is 2.78. The molecular weight excluding hydrogens is 330 g/mol. The Morgan fingerprint density at radius 2 is 2.24 bits per heavy atom. The van der Waals surface area contributed by atoms with Gasteiger partial charge in [0, 0.05) is 29.1 Å². The zero-order chi connectivity index (χ0) is 14.8. The third-order valence-corrected chi connectivity index (χ3v) is 4.32. The van der Waals surface area contributed by atoms with Crippen molar-refractivity contribution in [3.63, 3.8) is 0 Å². The van der Waals surface area contributed by atoms with E-state index in [4.69, 9.17) is 5.73 Å². The van der Waals surface area contributed by atoms with E-state index in [1.165, 1.54) is 0 Å². The maximum Gasteiger partial charge on any atom is 0.256 e. The number of nitrogens with two attached hydrogens (primary N) is 1. The molecule has 3 rings (SSSR count). The number of aromatic nitrogens is 1. The number of amides is 1. The Balaban J connectivity index is 1.92. The summed E-state index contributed by atoms with van der Waals surface area (Å²) >= 11 is 3.40. The van der Waals surface area contributed by atoms with Gasteiger partial charge in [-0.05, 0) is 42.7 Å². The number of anilines is 1. The number of carbonyl (C=O) groups excluding carboxylic acids is 1. The summed E-state index contributed by atoms with van der Waals surface area (Å²) in [7, 11) is 0. The number of pyridine rings is 1. The summed E-state index contributed by atoms with van der Waals surface area (Å²) in [5.74, 6) is -0.0137. The van der Waals surface area contributed by atoms with E-state index >= 15 is 0 Å². The lowest BCUT2D eigenvalue weighted by molar-refractivity contribution is 0.0736. The summed E-state index contributed by atoms with van der Waals surface area (Å²) in [4.78, 5) is 18.9. The van der Waals surface area contributed by atoms with Gasteiger partial charge in [-0.2, -0.15) is 0 Å². The lowest BCUT2D eigenvalue weighted by Crippen LogP contribution is -2.31. The van der Waals surface area contributed by atoms with Crippen molar-refractivity contribution >= 4 is 27.5 Å². The quantitative estimate of drug-likeness (QED) is 0.848. The van der Waals surface area contributed by atoms with Gasteiger partial charge in [0.15, 0.2) is 0 Å². The van der Waals surface area contributed by atoms with Gasteiger partial charge in [-0.1, -0.05) is 22.0 Å². The van der Waals surface area contributed by atoms with Crippen LogP contribution in [0.5, 0.6) is 0 Å². The van der Waals surface area contributed by atoms with Crippen LogP contribution in [-0.4, -0.2) is 22.3 Å². The van der Waals surface area contributed by atoms with E-state index in [0.29, 0.717) is 11.3 Å². The largest absolute Gasteiger partial charge is 0.398 e. The molecule has 21 heavy (non-hydrogen) atoms. The van der Waals surface area contributed by atoms with Crippen LogP contribution in [0.15, 0.2) is 47.2 Å². The molecule has 2 N–H and O–H groups in total. The lowest BCUT2D eigenvalue weighted by Gasteiger charge is -2.25. The number of halogens is 1. The van der Waals surface area contributed by atoms with E-state index in [0.717, 1.165) is 29.4 Å². The molecular formula is C16H16BrN3O. The molecule has 4 nitrogen and oxygen atoms in total. The van der Waals surface area contributed by atoms with E-state index in [2.05, 4.69) is 20.9 Å². The first kappa shape index (κ1) is 14.1. The highest BCUT2D eigenvalue weighted by atomic mass is 79.9. The van der Waals surface area contributed by atoms with Gasteiger partial charge in [-0.15, -0.1) is 0 Å². The average molecular weight is 346 g/mol. The molecule has 0 bridgehead atoms. The highest BCUT2D eigenvalue weighted by Gasteiger charge is 2.31. The number of rotatable bonds is 2. The number of hydrogen-bond acceptors (Lipinski definition) is 3. The second-order valence-electron chi connectivity index (χ2n) is 5.17. The Hall–Kier alpha value is -1.88. The Labute approximate surface area is 132 Å². The van der Waals surface area contributed by atoms with Crippen LogP contribution in [-0.2, 0) is 0 Å². The van der Waals surface area contributed by atoms with Gasteiger partial charge in [0.25, 0.3) is 5.91 Å². The number of nitrogen functional groups attached to an aromatic ring is 1. The minimum Gasteiger partial charge on any atom is -0.398 e. The number of benzene rings is 1. The van der Waals surface area contributed by atoms with Gasteiger partial charge >= 0.3 is 0 Å². The first-order valence-corrected chi connectivity index (χ1v) is 7.72. The van der Waals surface area contributed by atoms with Crippen LogP contribution in [0, 0.1) is 0 Å². The highest BCUT2D eigenvalue weighted by Crippen LogP contribution is 2.33. The molecule has 1 aliphatic heterocycles. The standard InChI is InChI=1S/C16H16BrN3O/c17-12-5-6-14(18)13(9-12)16(21)20-8-2-4-15(20)11-3-1-7-19-10-11/h1,3,5-7,9-10,15H,2,4,8,18H2. The maximum atomic E-state index is 12.8. The van der Waals surface area contributed by atoms with Crippen molar-refractivity contribution in [1.82, 2.24) is 9.88 Å². The highest BCUT2D eigenvalue weighted by molar-refractivity contribution is 9.10. The first-order valence-electron chi connectivity index (χ1n) is 6.93. The van der Waals surface area contributed by atoms with Gasteiger partial charge in [-0.25, -0.2) is 0 Å². The molecule has 0 aliphatic carbocycles. The number of likely N-dealkylation sites (tertiary alicyclic amines) is 1. The van der Waals surface area contributed by atoms with Crippen LogP contribution in [0.1, 0.15) is 34.8 Å². The second-order valence-corrected chi connectivity index (χ2v) is 6.09. The zero-order valence-corrected chi connectivity index (χ0v) is 13.1. The predicted octanol–water partition coefficient (Wildman–Crippen LogP) is 3.40. The molecule has 2 heterocycles. The minimum atomic E-state index is -0.0137. The fourth-order valence-corrected chi connectivity index (χ4v) is 3.16. The van der Waals surface area contributed by atoms with Crippen LogP contribution >= 0.6 is 15.9 Å². The maximum absolute atomic E-state index is 12.8. The number of hydrogen-bond donors (Lipinski definition) is 1. The van der Waals surface area contributed by atoms with Crippen molar-refractivity contribution in [3.05, 3.63) is 58.3 Å². The molecule has 2 aromatic rings. The van der Waals surface area contributed by atoms with Crippen LogP contribution in [0.4, 0.5) is 5.69 Å². The van der Waals surface area contributed by atoms with Gasteiger partial charge < -0.3 is 10.6 Å². The van der Waals surface area contributed by atoms with Crippen LogP contribution in [0.3, 0.4) is 0 Å². The Bertz CT molecular complexity index is 660. The van der Waals surface area contributed by atoms with Crippen molar-refractivity contribution in [2.75, 3.05) is 12.3 Å². The van der Waals surface area contributed by atoms with Crippen LogP contribution < -0.4 is 5.73 Å². The van der Waals surface area contributed by atoms with Gasteiger partial charge in [0.05, 0.1) is 11.6 Å². The molecule has 1 unspecified atom stereocenters. The normalized spacial score (nSPS) is 18.0. The summed E-state index contributed by atoms with van der Waals surface area (Å²) < 4.78 is 0.858. The molecule has 108 valence electrons. The Morgan fingerprint density at radius 3 is 3.00 bits per heavy atom. The average Bonchev–Trinajstić information content (AvgIpc) is 2.99. The molecule has 1 amide bonds. The molecule has 1 atom stereocenters. The van der Waals surface area contributed by atoms with E-state index in [9.17, 15) is 4.79 Å². The fraction of sp³-hybridized carbons (Fsp3) is 0.250. The predicted molar refractivity (Wildman–Crippen MR) is 85.8 cm³/mol. The molecule has 1 saturated heterocycles. The summed E-state index contributed by atoms with van der Waals surface area (Å²) in [6.45, 7) is 0.754. The van der Waals surface area contributed by atoms with E-state index < -0.39 is 0 Å². The first-order chi connectivity index (χ1) is 10.2. The molecule has 5 heteroatoms. The summed E-state index contributed by atoms with van der Waals surface area (Å²) in [5, 5.41) is 0. The Kier molecular flexibility index (Phi) is 3.92.